The van der Waals surface area contributed by atoms with Crippen LogP contribution in [0.2, 0.25) is 0 Å². The number of nitrogens with one attached hydrogen (secondary N) is 1. The summed E-state index contributed by atoms with van der Waals surface area (Å²) in [5.41, 5.74) is 1.08. The van der Waals surface area contributed by atoms with E-state index in [1.807, 2.05) is 6.07 Å². The molecule has 0 aliphatic heterocycles. The molecule has 1 saturated carbocycles. The van der Waals surface area contributed by atoms with Crippen molar-refractivity contribution in [2.24, 2.45) is 0 Å². The average Bonchev–Trinajstić information content (AvgIpc) is 2.86. The fourth-order valence-electron chi connectivity index (χ4n) is 2.55. The Morgan fingerprint density at radius 3 is 2.67 bits per heavy atom. The molecular weight excluding hydrogens is 230 g/mol. The van der Waals surface area contributed by atoms with E-state index in [-0.39, 0.29) is 12.1 Å². The highest BCUT2D eigenvalue weighted by Crippen LogP contribution is 2.29. The van der Waals surface area contributed by atoms with Gasteiger partial charge in [-0.15, -0.1) is 0 Å². The number of benzene rings is 1. The van der Waals surface area contributed by atoms with Crippen LogP contribution in [0.5, 0.6) is 0 Å². The number of aliphatic hydroxyl groups excluding tert-OH is 1. The molecule has 1 fully saturated rings. The first-order valence-electron chi connectivity index (χ1n) is 6.33. The van der Waals surface area contributed by atoms with Gasteiger partial charge in [-0.3, -0.25) is 0 Å². The Morgan fingerprint density at radius 1 is 1.33 bits per heavy atom. The van der Waals surface area contributed by atoms with Gasteiger partial charge in [0.25, 0.3) is 0 Å². The average molecular weight is 249 g/mol. The molecule has 1 aromatic carbocycles. The molecule has 0 aromatic heterocycles. The van der Waals surface area contributed by atoms with Gasteiger partial charge in [0.1, 0.15) is 0 Å². The maximum atomic E-state index is 10.9. The lowest BCUT2D eigenvalue weighted by Gasteiger charge is -2.28. The minimum absolute atomic E-state index is 0.144. The minimum atomic E-state index is -0.908. The van der Waals surface area contributed by atoms with Crippen LogP contribution in [0.4, 0.5) is 0 Å². The van der Waals surface area contributed by atoms with Crippen molar-refractivity contribution in [1.29, 1.82) is 0 Å². The largest absolute Gasteiger partial charge is 0.478 e. The summed E-state index contributed by atoms with van der Waals surface area (Å²) in [6.07, 6.45) is 4.26. The van der Waals surface area contributed by atoms with Crippen molar-refractivity contribution in [1.82, 2.24) is 5.32 Å². The molecule has 0 bridgehead atoms. The molecule has 4 heteroatoms. The molecule has 4 nitrogen and oxygen atoms in total. The predicted octanol–water partition coefficient (Wildman–Crippen LogP) is 1.78. The van der Waals surface area contributed by atoms with E-state index in [9.17, 15) is 9.90 Å². The molecule has 0 atom stereocenters. The Morgan fingerprint density at radius 2 is 2.06 bits per heavy atom. The van der Waals surface area contributed by atoms with Gasteiger partial charge in [-0.05, 0) is 30.5 Å². The van der Waals surface area contributed by atoms with Gasteiger partial charge >= 0.3 is 5.97 Å². The second-order valence-electron chi connectivity index (χ2n) is 5.00. The van der Waals surface area contributed by atoms with Gasteiger partial charge in [-0.1, -0.05) is 25.0 Å². The molecule has 0 spiro atoms. The summed E-state index contributed by atoms with van der Waals surface area (Å²) >= 11 is 0. The third kappa shape index (κ3) is 2.89. The molecule has 1 aromatic rings. The lowest BCUT2D eigenvalue weighted by Crippen LogP contribution is -2.45. The van der Waals surface area contributed by atoms with Crippen molar-refractivity contribution in [3.05, 3.63) is 35.4 Å². The summed E-state index contributed by atoms with van der Waals surface area (Å²) in [4.78, 5) is 10.9. The molecule has 0 amide bonds. The topological polar surface area (TPSA) is 69.6 Å². The Hall–Kier alpha value is -1.39. The van der Waals surface area contributed by atoms with Crippen molar-refractivity contribution in [2.75, 3.05) is 6.61 Å². The first-order chi connectivity index (χ1) is 8.65. The van der Waals surface area contributed by atoms with Crippen LogP contribution in [0.3, 0.4) is 0 Å². The SMILES string of the molecule is O=C(O)c1cccc(CNC2(CO)CCCC2)c1. The minimum Gasteiger partial charge on any atom is -0.478 e. The summed E-state index contributed by atoms with van der Waals surface area (Å²) in [5, 5.41) is 21.8. The Balaban J connectivity index is 2.01. The van der Waals surface area contributed by atoms with Crippen molar-refractivity contribution in [2.45, 2.75) is 37.8 Å². The van der Waals surface area contributed by atoms with Gasteiger partial charge < -0.3 is 15.5 Å². The molecule has 98 valence electrons. The van der Waals surface area contributed by atoms with E-state index in [2.05, 4.69) is 5.32 Å². The van der Waals surface area contributed by atoms with Crippen molar-refractivity contribution in [3.63, 3.8) is 0 Å². The highest BCUT2D eigenvalue weighted by Gasteiger charge is 2.32. The monoisotopic (exact) mass is 249 g/mol. The Bertz CT molecular complexity index is 425. The third-order valence-electron chi connectivity index (χ3n) is 3.70. The number of carboxylic acid groups (broad SMARTS) is 1. The van der Waals surface area contributed by atoms with Crippen molar-refractivity contribution < 1.29 is 15.0 Å². The van der Waals surface area contributed by atoms with Crippen LogP contribution in [-0.4, -0.2) is 28.3 Å². The molecular formula is C14H19NO3. The van der Waals surface area contributed by atoms with Gasteiger partial charge in [0, 0.05) is 12.1 Å². The fraction of sp³-hybridized carbons (Fsp3) is 0.500. The number of hydrogen-bond donors (Lipinski definition) is 3. The Labute approximate surface area is 107 Å². The second-order valence-corrected chi connectivity index (χ2v) is 5.00. The number of carboxylic acids is 1. The summed E-state index contributed by atoms with van der Waals surface area (Å²) in [6, 6.07) is 6.92. The van der Waals surface area contributed by atoms with E-state index in [0.717, 1.165) is 31.2 Å². The number of carbonyl (C=O) groups is 1. The number of rotatable bonds is 5. The lowest BCUT2D eigenvalue weighted by atomic mass is 9.98. The van der Waals surface area contributed by atoms with E-state index in [1.54, 1.807) is 18.2 Å². The van der Waals surface area contributed by atoms with E-state index in [0.29, 0.717) is 12.1 Å². The molecule has 0 unspecified atom stereocenters. The first kappa shape index (κ1) is 13.1. The molecule has 18 heavy (non-hydrogen) atoms. The maximum Gasteiger partial charge on any atom is 0.335 e. The van der Waals surface area contributed by atoms with Gasteiger partial charge in [-0.2, -0.15) is 0 Å². The van der Waals surface area contributed by atoms with Crippen LogP contribution in [0.25, 0.3) is 0 Å². The normalized spacial score (nSPS) is 17.8. The summed E-state index contributed by atoms with van der Waals surface area (Å²) < 4.78 is 0. The van der Waals surface area contributed by atoms with Crippen molar-refractivity contribution >= 4 is 5.97 Å². The van der Waals surface area contributed by atoms with E-state index in [4.69, 9.17) is 5.11 Å². The van der Waals surface area contributed by atoms with Crippen molar-refractivity contribution in [3.8, 4) is 0 Å². The standard InChI is InChI=1S/C14H19NO3/c16-10-14(6-1-2-7-14)15-9-11-4-3-5-12(8-11)13(17)18/h3-5,8,15-16H,1-2,6-7,9-10H2,(H,17,18). The summed E-state index contributed by atoms with van der Waals surface area (Å²) in [5.74, 6) is -0.908. The molecule has 1 aliphatic rings. The third-order valence-corrected chi connectivity index (χ3v) is 3.70. The molecule has 1 aliphatic carbocycles. The van der Waals surface area contributed by atoms with E-state index < -0.39 is 5.97 Å². The molecule has 0 heterocycles. The number of hydrogen-bond acceptors (Lipinski definition) is 3. The van der Waals surface area contributed by atoms with Gasteiger partial charge in [0.2, 0.25) is 0 Å². The molecule has 0 radical (unpaired) electrons. The molecule has 2 rings (SSSR count). The number of aliphatic hydroxyl groups is 1. The van der Waals surface area contributed by atoms with E-state index in [1.165, 1.54) is 0 Å². The van der Waals surface area contributed by atoms with Crippen LogP contribution >= 0.6 is 0 Å². The predicted molar refractivity (Wildman–Crippen MR) is 68.5 cm³/mol. The van der Waals surface area contributed by atoms with Gasteiger partial charge in [0.05, 0.1) is 12.2 Å². The van der Waals surface area contributed by atoms with Crippen LogP contribution in [-0.2, 0) is 6.54 Å². The zero-order valence-corrected chi connectivity index (χ0v) is 10.4. The Kier molecular flexibility index (Phi) is 3.99. The zero-order chi connectivity index (χ0) is 13.0. The van der Waals surface area contributed by atoms with Gasteiger partial charge in [-0.25, -0.2) is 4.79 Å². The molecule has 3 N–H and O–H groups in total. The first-order valence-corrected chi connectivity index (χ1v) is 6.33. The highest BCUT2D eigenvalue weighted by molar-refractivity contribution is 5.87. The highest BCUT2D eigenvalue weighted by atomic mass is 16.4. The zero-order valence-electron chi connectivity index (χ0n) is 10.4. The molecule has 0 saturated heterocycles. The van der Waals surface area contributed by atoms with Crippen LogP contribution in [0.1, 0.15) is 41.6 Å². The van der Waals surface area contributed by atoms with Crippen LogP contribution in [0, 0.1) is 0 Å². The van der Waals surface area contributed by atoms with Crippen LogP contribution < -0.4 is 5.32 Å². The van der Waals surface area contributed by atoms with E-state index >= 15 is 0 Å². The fourth-order valence-corrected chi connectivity index (χ4v) is 2.55. The summed E-state index contributed by atoms with van der Waals surface area (Å²) in [7, 11) is 0. The van der Waals surface area contributed by atoms with Gasteiger partial charge in [0.15, 0.2) is 0 Å². The van der Waals surface area contributed by atoms with Crippen LogP contribution in [0.15, 0.2) is 24.3 Å². The second kappa shape index (κ2) is 5.50. The smallest absolute Gasteiger partial charge is 0.335 e. The quantitative estimate of drug-likeness (QED) is 0.744. The lowest BCUT2D eigenvalue weighted by molar-refractivity contribution is 0.0696. The number of aromatic carboxylic acids is 1. The maximum absolute atomic E-state index is 10.9. The summed E-state index contributed by atoms with van der Waals surface area (Å²) in [6.45, 7) is 0.743.